The van der Waals surface area contributed by atoms with E-state index in [4.69, 9.17) is 4.74 Å². The Hall–Kier alpha value is -1.20. The second kappa shape index (κ2) is 4.76. The van der Waals surface area contributed by atoms with Crippen LogP contribution in [-0.2, 0) is 4.74 Å². The number of carbonyl (C=O) groups is 1. The maximum atomic E-state index is 12.0. The molecule has 0 saturated carbocycles. The standard InChI is InChI=1S/C11H17N3O2/c1-9-7-10(2)14(12-9)11(15)8-13-3-5-16-6-4-13/h7H,3-6,8H2,1-2H3. The summed E-state index contributed by atoms with van der Waals surface area (Å²) >= 11 is 0. The molecule has 0 aliphatic carbocycles. The lowest BCUT2D eigenvalue weighted by atomic mass is 10.4. The van der Waals surface area contributed by atoms with E-state index in [1.807, 2.05) is 19.9 Å². The van der Waals surface area contributed by atoms with Crippen LogP contribution < -0.4 is 0 Å². The molecule has 1 aliphatic heterocycles. The largest absolute Gasteiger partial charge is 0.379 e. The smallest absolute Gasteiger partial charge is 0.261 e. The van der Waals surface area contributed by atoms with E-state index < -0.39 is 0 Å². The molecule has 1 saturated heterocycles. The van der Waals surface area contributed by atoms with Crippen LogP contribution in [-0.4, -0.2) is 53.4 Å². The quantitative estimate of drug-likeness (QED) is 0.731. The summed E-state index contributed by atoms with van der Waals surface area (Å²) < 4.78 is 6.73. The molecule has 1 fully saturated rings. The van der Waals surface area contributed by atoms with Crippen LogP contribution in [0.1, 0.15) is 16.2 Å². The topological polar surface area (TPSA) is 47.4 Å². The lowest BCUT2D eigenvalue weighted by Crippen LogP contribution is -2.41. The Balaban J connectivity index is 1.99. The fraction of sp³-hybridized carbons (Fsp3) is 0.636. The van der Waals surface area contributed by atoms with Gasteiger partial charge in [-0.3, -0.25) is 9.69 Å². The molecule has 0 amide bonds. The van der Waals surface area contributed by atoms with Crippen LogP contribution in [0.3, 0.4) is 0 Å². The molecule has 1 aliphatic rings. The first-order valence-electron chi connectivity index (χ1n) is 5.53. The summed E-state index contributed by atoms with van der Waals surface area (Å²) in [6.07, 6.45) is 0. The van der Waals surface area contributed by atoms with E-state index >= 15 is 0 Å². The summed E-state index contributed by atoms with van der Waals surface area (Å²) in [6, 6.07) is 1.91. The zero-order valence-corrected chi connectivity index (χ0v) is 9.77. The third kappa shape index (κ3) is 2.48. The SMILES string of the molecule is Cc1cc(C)n(C(=O)CN2CCOCC2)n1. The first-order chi connectivity index (χ1) is 7.66. The second-order valence-electron chi connectivity index (χ2n) is 4.12. The van der Waals surface area contributed by atoms with E-state index in [1.54, 1.807) is 0 Å². The maximum Gasteiger partial charge on any atom is 0.261 e. The molecule has 88 valence electrons. The number of rotatable bonds is 2. The molecule has 0 aromatic carbocycles. The van der Waals surface area contributed by atoms with Gasteiger partial charge in [0.2, 0.25) is 0 Å². The highest BCUT2D eigenvalue weighted by atomic mass is 16.5. The van der Waals surface area contributed by atoms with Crippen molar-refractivity contribution in [2.45, 2.75) is 13.8 Å². The number of morpholine rings is 1. The Morgan fingerprint density at radius 1 is 1.44 bits per heavy atom. The minimum absolute atomic E-state index is 0.0347. The summed E-state index contributed by atoms with van der Waals surface area (Å²) in [5.74, 6) is 0.0347. The van der Waals surface area contributed by atoms with Crippen molar-refractivity contribution in [3.05, 3.63) is 17.5 Å². The molecule has 0 unspecified atom stereocenters. The Bertz CT molecular complexity index is 381. The van der Waals surface area contributed by atoms with Crippen molar-refractivity contribution in [3.63, 3.8) is 0 Å². The molecular formula is C11H17N3O2. The van der Waals surface area contributed by atoms with E-state index in [1.165, 1.54) is 4.68 Å². The molecular weight excluding hydrogens is 206 g/mol. The third-order valence-electron chi connectivity index (χ3n) is 2.71. The predicted octanol–water partition coefficient (Wildman–Crippen LogP) is 0.472. The highest BCUT2D eigenvalue weighted by molar-refractivity contribution is 5.80. The number of aromatic nitrogens is 2. The van der Waals surface area contributed by atoms with E-state index in [0.717, 1.165) is 24.5 Å². The van der Waals surface area contributed by atoms with Gasteiger partial charge < -0.3 is 4.74 Å². The van der Waals surface area contributed by atoms with Gasteiger partial charge >= 0.3 is 0 Å². The number of ether oxygens (including phenoxy) is 1. The van der Waals surface area contributed by atoms with Crippen LogP contribution in [0.5, 0.6) is 0 Å². The third-order valence-corrected chi connectivity index (χ3v) is 2.71. The van der Waals surface area contributed by atoms with Crippen LogP contribution in [0.15, 0.2) is 6.07 Å². The van der Waals surface area contributed by atoms with Crippen molar-refractivity contribution in [3.8, 4) is 0 Å². The van der Waals surface area contributed by atoms with E-state index in [-0.39, 0.29) is 5.91 Å². The molecule has 0 bridgehead atoms. The summed E-state index contributed by atoms with van der Waals surface area (Å²) in [6.45, 7) is 7.29. The molecule has 5 heteroatoms. The van der Waals surface area contributed by atoms with Crippen molar-refractivity contribution in [1.82, 2.24) is 14.7 Å². The van der Waals surface area contributed by atoms with Gasteiger partial charge in [-0.2, -0.15) is 5.10 Å². The summed E-state index contributed by atoms with van der Waals surface area (Å²) in [5, 5.41) is 4.18. The van der Waals surface area contributed by atoms with Crippen LogP contribution in [0.4, 0.5) is 0 Å². The monoisotopic (exact) mass is 223 g/mol. The number of aryl methyl sites for hydroxylation is 2. The minimum Gasteiger partial charge on any atom is -0.379 e. The Labute approximate surface area is 95.0 Å². The Morgan fingerprint density at radius 3 is 2.69 bits per heavy atom. The minimum atomic E-state index is 0.0347. The number of nitrogens with zero attached hydrogens (tertiary/aromatic N) is 3. The molecule has 16 heavy (non-hydrogen) atoms. The molecule has 2 rings (SSSR count). The average molecular weight is 223 g/mol. The highest BCUT2D eigenvalue weighted by Crippen LogP contribution is 2.03. The fourth-order valence-electron chi connectivity index (χ4n) is 1.90. The van der Waals surface area contributed by atoms with Gasteiger partial charge in [0, 0.05) is 18.8 Å². The van der Waals surface area contributed by atoms with Gasteiger partial charge in [0.1, 0.15) is 0 Å². The molecule has 2 heterocycles. The highest BCUT2D eigenvalue weighted by Gasteiger charge is 2.17. The van der Waals surface area contributed by atoms with Crippen molar-refractivity contribution < 1.29 is 9.53 Å². The van der Waals surface area contributed by atoms with Crippen LogP contribution in [0.25, 0.3) is 0 Å². The van der Waals surface area contributed by atoms with Crippen LogP contribution in [0, 0.1) is 13.8 Å². The Kier molecular flexibility index (Phi) is 3.36. The van der Waals surface area contributed by atoms with Crippen molar-refractivity contribution in [1.29, 1.82) is 0 Å². The van der Waals surface area contributed by atoms with Crippen LogP contribution in [0.2, 0.25) is 0 Å². The molecule has 1 aromatic heterocycles. The average Bonchev–Trinajstić information content (AvgIpc) is 2.59. The summed E-state index contributed by atoms with van der Waals surface area (Å²) in [7, 11) is 0. The summed E-state index contributed by atoms with van der Waals surface area (Å²) in [4.78, 5) is 14.1. The van der Waals surface area contributed by atoms with Crippen molar-refractivity contribution in [2.24, 2.45) is 0 Å². The van der Waals surface area contributed by atoms with E-state index in [2.05, 4.69) is 10.00 Å². The van der Waals surface area contributed by atoms with Gasteiger partial charge in [-0.25, -0.2) is 4.68 Å². The Morgan fingerprint density at radius 2 is 2.12 bits per heavy atom. The molecule has 0 N–H and O–H groups in total. The fourth-order valence-corrected chi connectivity index (χ4v) is 1.90. The van der Waals surface area contributed by atoms with Gasteiger partial charge in [0.05, 0.1) is 25.5 Å². The number of carbonyl (C=O) groups excluding carboxylic acids is 1. The molecule has 0 spiro atoms. The van der Waals surface area contributed by atoms with Gasteiger partial charge in [-0.1, -0.05) is 0 Å². The van der Waals surface area contributed by atoms with Gasteiger partial charge in [-0.05, 0) is 19.9 Å². The number of hydrogen-bond acceptors (Lipinski definition) is 4. The van der Waals surface area contributed by atoms with E-state index in [0.29, 0.717) is 19.8 Å². The molecule has 5 nitrogen and oxygen atoms in total. The van der Waals surface area contributed by atoms with Gasteiger partial charge in [-0.15, -0.1) is 0 Å². The molecule has 0 radical (unpaired) electrons. The van der Waals surface area contributed by atoms with Crippen molar-refractivity contribution >= 4 is 5.91 Å². The van der Waals surface area contributed by atoms with Crippen molar-refractivity contribution in [2.75, 3.05) is 32.8 Å². The summed E-state index contributed by atoms with van der Waals surface area (Å²) in [5.41, 5.74) is 1.78. The molecule has 0 atom stereocenters. The normalized spacial score (nSPS) is 17.6. The second-order valence-corrected chi connectivity index (χ2v) is 4.12. The predicted molar refractivity (Wildman–Crippen MR) is 59.6 cm³/mol. The molecule has 1 aromatic rings. The first kappa shape index (κ1) is 11.3. The van der Waals surface area contributed by atoms with Crippen LogP contribution >= 0.6 is 0 Å². The van der Waals surface area contributed by atoms with E-state index in [9.17, 15) is 4.79 Å². The zero-order chi connectivity index (χ0) is 11.5. The first-order valence-corrected chi connectivity index (χ1v) is 5.53. The van der Waals surface area contributed by atoms with Gasteiger partial charge in [0.25, 0.3) is 5.91 Å². The lowest BCUT2D eigenvalue weighted by Gasteiger charge is -2.25. The van der Waals surface area contributed by atoms with Gasteiger partial charge in [0.15, 0.2) is 0 Å². The number of hydrogen-bond donors (Lipinski definition) is 0. The zero-order valence-electron chi connectivity index (χ0n) is 9.77. The lowest BCUT2D eigenvalue weighted by molar-refractivity contribution is 0.0344. The maximum absolute atomic E-state index is 12.0.